The Hall–Kier alpha value is -1.43. The lowest BCUT2D eigenvalue weighted by molar-refractivity contribution is -0.274. The molecule has 0 saturated carbocycles. The van der Waals surface area contributed by atoms with Crippen molar-refractivity contribution in [3.8, 4) is 5.75 Å². The molecule has 19 heavy (non-hydrogen) atoms. The van der Waals surface area contributed by atoms with Gasteiger partial charge in [0, 0.05) is 24.3 Å². The van der Waals surface area contributed by atoms with Crippen LogP contribution in [0.25, 0.3) is 0 Å². The van der Waals surface area contributed by atoms with Gasteiger partial charge in [0.1, 0.15) is 5.75 Å². The first-order valence-electron chi connectivity index (χ1n) is 6.23. The number of halogens is 3. The van der Waals surface area contributed by atoms with Gasteiger partial charge in [0.05, 0.1) is 0 Å². The molecule has 1 aliphatic rings. The third-order valence-electron chi connectivity index (χ3n) is 3.06. The Morgan fingerprint density at radius 1 is 1.37 bits per heavy atom. The molecular weight excluding hydrogens is 257 g/mol. The van der Waals surface area contributed by atoms with Crippen LogP contribution in [0.2, 0.25) is 0 Å². The van der Waals surface area contributed by atoms with Gasteiger partial charge in [-0.15, -0.1) is 13.2 Å². The first-order valence-corrected chi connectivity index (χ1v) is 6.23. The summed E-state index contributed by atoms with van der Waals surface area (Å²) in [6.07, 6.45) is -2.54. The van der Waals surface area contributed by atoms with Crippen LogP contribution in [0.3, 0.4) is 0 Å². The first kappa shape index (κ1) is 14.0. The van der Waals surface area contributed by atoms with E-state index in [0.717, 1.165) is 25.9 Å². The van der Waals surface area contributed by atoms with E-state index in [4.69, 9.17) is 0 Å². The van der Waals surface area contributed by atoms with Gasteiger partial charge < -0.3 is 15.0 Å². The van der Waals surface area contributed by atoms with E-state index in [0.29, 0.717) is 5.69 Å². The molecule has 1 saturated heterocycles. The predicted molar refractivity (Wildman–Crippen MR) is 67.3 cm³/mol. The lowest BCUT2D eigenvalue weighted by atomic mass is 10.1. The zero-order valence-electron chi connectivity index (χ0n) is 10.7. The number of likely N-dealkylation sites (tertiary alicyclic amines) is 1. The molecule has 6 heteroatoms. The Morgan fingerprint density at radius 3 is 2.84 bits per heavy atom. The molecule has 1 fully saturated rings. The van der Waals surface area contributed by atoms with E-state index in [1.807, 2.05) is 7.05 Å². The maximum absolute atomic E-state index is 12.1. The van der Waals surface area contributed by atoms with Crippen LogP contribution < -0.4 is 10.1 Å². The number of piperidine rings is 1. The van der Waals surface area contributed by atoms with Gasteiger partial charge in [0.2, 0.25) is 0 Å². The van der Waals surface area contributed by atoms with E-state index >= 15 is 0 Å². The molecule has 1 heterocycles. The van der Waals surface area contributed by atoms with Crippen molar-refractivity contribution < 1.29 is 17.9 Å². The molecule has 1 atom stereocenters. The number of alkyl halides is 3. The average Bonchev–Trinajstić information content (AvgIpc) is 2.27. The van der Waals surface area contributed by atoms with E-state index in [-0.39, 0.29) is 11.8 Å². The minimum Gasteiger partial charge on any atom is -0.406 e. The normalized spacial score (nSPS) is 21.2. The zero-order chi connectivity index (χ0) is 13.9. The summed E-state index contributed by atoms with van der Waals surface area (Å²) >= 11 is 0. The van der Waals surface area contributed by atoms with Gasteiger partial charge in [-0.1, -0.05) is 6.07 Å². The molecule has 0 amide bonds. The van der Waals surface area contributed by atoms with Gasteiger partial charge in [0.15, 0.2) is 0 Å². The molecule has 1 aromatic carbocycles. The highest BCUT2D eigenvalue weighted by Gasteiger charge is 2.31. The number of hydrogen-bond acceptors (Lipinski definition) is 3. The van der Waals surface area contributed by atoms with Gasteiger partial charge in [-0.25, -0.2) is 0 Å². The van der Waals surface area contributed by atoms with Crippen LogP contribution >= 0.6 is 0 Å². The van der Waals surface area contributed by atoms with Crippen LogP contribution in [0, 0.1) is 0 Å². The summed E-state index contributed by atoms with van der Waals surface area (Å²) in [5.41, 5.74) is 0.655. The minimum absolute atomic E-state index is 0.193. The Kier molecular flexibility index (Phi) is 4.19. The molecule has 106 valence electrons. The lowest BCUT2D eigenvalue weighted by Crippen LogP contribution is -2.39. The topological polar surface area (TPSA) is 24.5 Å². The van der Waals surface area contributed by atoms with Crippen molar-refractivity contribution in [1.82, 2.24) is 4.90 Å². The summed E-state index contributed by atoms with van der Waals surface area (Å²) in [6, 6.07) is 6.24. The van der Waals surface area contributed by atoms with Gasteiger partial charge in [-0.3, -0.25) is 0 Å². The Labute approximate surface area is 110 Å². The highest BCUT2D eigenvalue weighted by Crippen LogP contribution is 2.26. The second-order valence-corrected chi connectivity index (χ2v) is 4.82. The SMILES string of the molecule is CN1CCCC(Nc2cccc(OC(F)(F)F)c2)C1. The molecule has 0 bridgehead atoms. The van der Waals surface area contributed by atoms with E-state index in [9.17, 15) is 13.2 Å². The third kappa shape index (κ3) is 4.63. The van der Waals surface area contributed by atoms with Crippen molar-refractivity contribution in [1.29, 1.82) is 0 Å². The van der Waals surface area contributed by atoms with E-state index in [2.05, 4.69) is 15.0 Å². The van der Waals surface area contributed by atoms with Gasteiger partial charge in [-0.05, 0) is 38.6 Å². The molecule has 1 N–H and O–H groups in total. The third-order valence-corrected chi connectivity index (χ3v) is 3.06. The Bertz CT molecular complexity index is 423. The van der Waals surface area contributed by atoms with E-state index in [1.165, 1.54) is 12.1 Å². The number of hydrogen-bond donors (Lipinski definition) is 1. The fraction of sp³-hybridized carbons (Fsp3) is 0.538. The van der Waals surface area contributed by atoms with Crippen LogP contribution in [-0.4, -0.2) is 37.4 Å². The Morgan fingerprint density at radius 2 is 2.16 bits per heavy atom. The summed E-state index contributed by atoms with van der Waals surface area (Å²) < 4.78 is 40.3. The fourth-order valence-electron chi connectivity index (χ4n) is 2.30. The highest BCUT2D eigenvalue weighted by atomic mass is 19.4. The standard InChI is InChI=1S/C13H17F3N2O/c1-18-7-3-5-11(9-18)17-10-4-2-6-12(8-10)19-13(14,15)16/h2,4,6,8,11,17H,3,5,7,9H2,1H3. The van der Waals surface area contributed by atoms with Crippen LogP contribution in [0.1, 0.15) is 12.8 Å². The highest BCUT2D eigenvalue weighted by molar-refractivity contribution is 5.49. The second-order valence-electron chi connectivity index (χ2n) is 4.82. The Balaban J connectivity index is 1.98. The summed E-state index contributed by atoms with van der Waals surface area (Å²) in [6.45, 7) is 1.96. The molecule has 1 aliphatic heterocycles. The molecule has 3 nitrogen and oxygen atoms in total. The van der Waals surface area contributed by atoms with Crippen molar-refractivity contribution >= 4 is 5.69 Å². The number of nitrogens with zero attached hydrogens (tertiary/aromatic N) is 1. The smallest absolute Gasteiger partial charge is 0.406 e. The molecule has 0 aromatic heterocycles. The predicted octanol–water partition coefficient (Wildman–Crippen LogP) is 3.09. The zero-order valence-corrected chi connectivity index (χ0v) is 10.7. The largest absolute Gasteiger partial charge is 0.573 e. The molecular formula is C13H17F3N2O. The van der Waals surface area contributed by atoms with Gasteiger partial charge in [0.25, 0.3) is 0 Å². The van der Waals surface area contributed by atoms with Crippen molar-refractivity contribution in [2.75, 3.05) is 25.5 Å². The quantitative estimate of drug-likeness (QED) is 0.916. The van der Waals surface area contributed by atoms with Crippen molar-refractivity contribution in [2.24, 2.45) is 0 Å². The van der Waals surface area contributed by atoms with Crippen LogP contribution in [0.15, 0.2) is 24.3 Å². The van der Waals surface area contributed by atoms with E-state index in [1.54, 1.807) is 12.1 Å². The summed E-state index contributed by atoms with van der Waals surface area (Å²) in [4.78, 5) is 2.21. The molecule has 2 rings (SSSR count). The number of ether oxygens (including phenoxy) is 1. The summed E-state index contributed by atoms with van der Waals surface area (Å²) in [5, 5.41) is 3.25. The van der Waals surface area contributed by atoms with Crippen molar-refractivity contribution in [3.05, 3.63) is 24.3 Å². The average molecular weight is 274 g/mol. The number of nitrogens with one attached hydrogen (secondary N) is 1. The number of rotatable bonds is 3. The monoisotopic (exact) mass is 274 g/mol. The number of anilines is 1. The molecule has 0 spiro atoms. The lowest BCUT2D eigenvalue weighted by Gasteiger charge is -2.31. The van der Waals surface area contributed by atoms with Crippen molar-refractivity contribution in [3.63, 3.8) is 0 Å². The summed E-state index contributed by atoms with van der Waals surface area (Å²) in [7, 11) is 2.04. The number of benzene rings is 1. The van der Waals surface area contributed by atoms with E-state index < -0.39 is 6.36 Å². The molecule has 0 aliphatic carbocycles. The fourth-order valence-corrected chi connectivity index (χ4v) is 2.30. The van der Waals surface area contributed by atoms with Crippen LogP contribution in [0.4, 0.5) is 18.9 Å². The van der Waals surface area contributed by atoms with Crippen LogP contribution in [0.5, 0.6) is 5.75 Å². The number of likely N-dealkylation sites (N-methyl/N-ethyl adjacent to an activating group) is 1. The second kappa shape index (κ2) is 5.69. The van der Waals surface area contributed by atoms with Crippen molar-refractivity contribution in [2.45, 2.75) is 25.2 Å². The van der Waals surface area contributed by atoms with Gasteiger partial charge in [-0.2, -0.15) is 0 Å². The molecule has 0 radical (unpaired) electrons. The maximum atomic E-state index is 12.1. The van der Waals surface area contributed by atoms with Crippen LogP contribution in [-0.2, 0) is 0 Å². The maximum Gasteiger partial charge on any atom is 0.573 e. The molecule has 1 aromatic rings. The first-order chi connectivity index (χ1) is 8.92. The molecule has 1 unspecified atom stereocenters. The van der Waals surface area contributed by atoms with Gasteiger partial charge >= 0.3 is 6.36 Å². The summed E-state index contributed by atoms with van der Waals surface area (Å²) in [5.74, 6) is -0.193. The minimum atomic E-state index is -4.65.